The van der Waals surface area contributed by atoms with Gasteiger partial charge in [0, 0.05) is 0 Å². The van der Waals surface area contributed by atoms with Crippen molar-refractivity contribution < 1.29 is 9.53 Å². The average molecular weight is 243 g/mol. The Balaban J connectivity index is 0.000000354. The number of rotatable bonds is 0. The molecule has 0 aromatic rings. The van der Waals surface area contributed by atoms with Crippen molar-refractivity contribution in [1.29, 1.82) is 0 Å². The fourth-order valence-corrected chi connectivity index (χ4v) is 1.23. The summed E-state index contributed by atoms with van der Waals surface area (Å²) in [6.45, 7) is 13.7. The molecule has 1 aliphatic heterocycles. The van der Waals surface area contributed by atoms with Gasteiger partial charge in [0.15, 0.2) is 0 Å². The van der Waals surface area contributed by atoms with Crippen LogP contribution >= 0.6 is 0 Å². The predicted molar refractivity (Wildman–Crippen MR) is 72.0 cm³/mol. The molecule has 0 aliphatic carbocycles. The van der Waals surface area contributed by atoms with Crippen molar-refractivity contribution in [2.24, 2.45) is 5.41 Å². The van der Waals surface area contributed by atoms with Crippen LogP contribution in [0, 0.1) is 5.41 Å². The lowest BCUT2D eigenvalue weighted by Gasteiger charge is -2.25. The Bertz CT molecular complexity index is 208. The molecule has 102 valence electrons. The highest BCUT2D eigenvalue weighted by Gasteiger charge is 2.27. The zero-order chi connectivity index (χ0) is 13.5. The standard InChI is InChI=1S/C9H18O2.C5H11N/c1-8(2,3)7(10)11-9(4,5)6;1-2-4-6-5-3-1/h1-6H3;6H,1-5H2. The van der Waals surface area contributed by atoms with E-state index in [0.717, 1.165) is 0 Å². The highest BCUT2D eigenvalue weighted by molar-refractivity contribution is 5.75. The van der Waals surface area contributed by atoms with Crippen LogP contribution in [0.4, 0.5) is 0 Å². The van der Waals surface area contributed by atoms with Gasteiger partial charge in [0.05, 0.1) is 5.41 Å². The van der Waals surface area contributed by atoms with Crippen molar-refractivity contribution in [3.8, 4) is 0 Å². The summed E-state index contributed by atoms with van der Waals surface area (Å²) in [5.74, 6) is -0.148. The molecular weight excluding hydrogens is 214 g/mol. The second-order valence-corrected chi connectivity index (χ2v) is 6.56. The van der Waals surface area contributed by atoms with Gasteiger partial charge in [-0.25, -0.2) is 0 Å². The average Bonchev–Trinajstić information content (AvgIpc) is 2.17. The molecule has 1 heterocycles. The summed E-state index contributed by atoms with van der Waals surface area (Å²) in [6.07, 6.45) is 4.22. The third kappa shape index (κ3) is 10.3. The summed E-state index contributed by atoms with van der Waals surface area (Å²) in [5, 5.41) is 3.28. The third-order valence-electron chi connectivity index (χ3n) is 2.22. The molecule has 1 rings (SSSR count). The van der Waals surface area contributed by atoms with E-state index in [1.54, 1.807) is 0 Å². The number of piperidine rings is 1. The van der Waals surface area contributed by atoms with Crippen molar-refractivity contribution in [1.82, 2.24) is 5.32 Å². The molecule has 1 saturated heterocycles. The maximum Gasteiger partial charge on any atom is 0.311 e. The van der Waals surface area contributed by atoms with E-state index in [1.807, 2.05) is 41.5 Å². The van der Waals surface area contributed by atoms with Crippen molar-refractivity contribution in [3.05, 3.63) is 0 Å². The van der Waals surface area contributed by atoms with Crippen molar-refractivity contribution in [3.63, 3.8) is 0 Å². The minimum atomic E-state index is -0.396. The predicted octanol–water partition coefficient (Wildman–Crippen LogP) is 3.13. The van der Waals surface area contributed by atoms with E-state index in [-0.39, 0.29) is 11.6 Å². The Kier molecular flexibility index (Phi) is 6.76. The van der Waals surface area contributed by atoms with Crippen LogP contribution in [0.25, 0.3) is 0 Å². The maximum atomic E-state index is 11.3. The molecular formula is C14H29NO2. The number of nitrogens with one attached hydrogen (secondary N) is 1. The molecule has 0 unspecified atom stereocenters. The van der Waals surface area contributed by atoms with Crippen LogP contribution in [-0.4, -0.2) is 24.7 Å². The Hall–Kier alpha value is -0.570. The lowest BCUT2D eigenvalue weighted by atomic mass is 9.97. The lowest BCUT2D eigenvalue weighted by Crippen LogP contribution is -2.31. The van der Waals surface area contributed by atoms with Crippen molar-refractivity contribution in [2.45, 2.75) is 66.4 Å². The minimum absolute atomic E-state index is 0.148. The Morgan fingerprint density at radius 3 is 1.53 bits per heavy atom. The quantitative estimate of drug-likeness (QED) is 0.664. The molecule has 0 aromatic carbocycles. The van der Waals surface area contributed by atoms with Crippen LogP contribution in [-0.2, 0) is 9.53 Å². The summed E-state index contributed by atoms with van der Waals surface area (Å²) in [5.41, 5.74) is -0.766. The molecule has 0 radical (unpaired) electrons. The molecule has 0 aromatic heterocycles. The molecule has 1 fully saturated rings. The monoisotopic (exact) mass is 243 g/mol. The first-order valence-corrected chi connectivity index (χ1v) is 6.57. The van der Waals surface area contributed by atoms with E-state index in [4.69, 9.17) is 4.74 Å². The SMILES string of the molecule is C1CCNCC1.CC(C)(C)OC(=O)C(C)(C)C. The maximum absolute atomic E-state index is 11.3. The van der Waals surface area contributed by atoms with Gasteiger partial charge in [0.25, 0.3) is 0 Å². The Morgan fingerprint density at radius 1 is 0.941 bits per heavy atom. The van der Waals surface area contributed by atoms with Gasteiger partial charge in [-0.15, -0.1) is 0 Å². The molecule has 0 spiro atoms. The van der Waals surface area contributed by atoms with Crippen molar-refractivity contribution >= 4 is 5.97 Å². The van der Waals surface area contributed by atoms with Gasteiger partial charge in [0.1, 0.15) is 5.60 Å². The third-order valence-corrected chi connectivity index (χ3v) is 2.22. The van der Waals surface area contributed by atoms with Gasteiger partial charge in [-0.1, -0.05) is 6.42 Å². The summed E-state index contributed by atoms with van der Waals surface area (Å²) in [6, 6.07) is 0. The zero-order valence-corrected chi connectivity index (χ0v) is 12.4. The van der Waals surface area contributed by atoms with Crippen LogP contribution in [0.1, 0.15) is 60.8 Å². The smallest absolute Gasteiger partial charge is 0.311 e. The highest BCUT2D eigenvalue weighted by atomic mass is 16.6. The van der Waals surface area contributed by atoms with E-state index in [1.165, 1.54) is 32.4 Å². The topological polar surface area (TPSA) is 38.3 Å². The number of carbonyl (C=O) groups excluding carboxylic acids is 1. The van der Waals surface area contributed by atoms with Gasteiger partial charge in [-0.05, 0) is 67.5 Å². The molecule has 0 amide bonds. The molecule has 0 saturated carbocycles. The van der Waals surface area contributed by atoms with Crippen LogP contribution in [0.15, 0.2) is 0 Å². The van der Waals surface area contributed by atoms with Crippen LogP contribution < -0.4 is 5.32 Å². The normalized spacial score (nSPS) is 16.8. The first kappa shape index (κ1) is 16.4. The van der Waals surface area contributed by atoms with Gasteiger partial charge in [-0.2, -0.15) is 0 Å². The Morgan fingerprint density at radius 2 is 1.41 bits per heavy atom. The summed E-state index contributed by atoms with van der Waals surface area (Å²) in [7, 11) is 0. The van der Waals surface area contributed by atoms with Gasteiger partial charge < -0.3 is 10.1 Å². The van der Waals surface area contributed by atoms with Crippen LogP contribution in [0.5, 0.6) is 0 Å². The summed E-state index contributed by atoms with van der Waals surface area (Å²) < 4.78 is 5.16. The van der Waals surface area contributed by atoms with Crippen molar-refractivity contribution in [2.75, 3.05) is 13.1 Å². The Labute approximate surface area is 106 Å². The van der Waals surface area contributed by atoms with Crippen LogP contribution in [0.3, 0.4) is 0 Å². The number of hydrogen-bond acceptors (Lipinski definition) is 3. The van der Waals surface area contributed by atoms with E-state index in [0.29, 0.717) is 0 Å². The number of ether oxygens (including phenoxy) is 1. The van der Waals surface area contributed by atoms with Gasteiger partial charge in [-0.3, -0.25) is 4.79 Å². The van der Waals surface area contributed by atoms with E-state index < -0.39 is 5.41 Å². The first-order valence-electron chi connectivity index (χ1n) is 6.57. The summed E-state index contributed by atoms with van der Waals surface area (Å²) in [4.78, 5) is 11.3. The molecule has 3 nitrogen and oxygen atoms in total. The molecule has 17 heavy (non-hydrogen) atoms. The zero-order valence-electron chi connectivity index (χ0n) is 12.4. The minimum Gasteiger partial charge on any atom is -0.460 e. The van der Waals surface area contributed by atoms with E-state index in [9.17, 15) is 4.79 Å². The number of carbonyl (C=O) groups is 1. The number of esters is 1. The molecule has 1 N–H and O–H groups in total. The first-order chi connectivity index (χ1) is 7.63. The van der Waals surface area contributed by atoms with Gasteiger partial charge in [0.2, 0.25) is 0 Å². The molecule has 0 atom stereocenters. The number of hydrogen-bond donors (Lipinski definition) is 1. The van der Waals surface area contributed by atoms with Crippen LogP contribution in [0.2, 0.25) is 0 Å². The summed E-state index contributed by atoms with van der Waals surface area (Å²) >= 11 is 0. The second kappa shape index (κ2) is 7.00. The second-order valence-electron chi connectivity index (χ2n) is 6.56. The van der Waals surface area contributed by atoms with Gasteiger partial charge >= 0.3 is 5.97 Å². The largest absolute Gasteiger partial charge is 0.460 e. The van der Waals surface area contributed by atoms with E-state index in [2.05, 4.69) is 5.32 Å². The molecule has 3 heteroatoms. The fourth-order valence-electron chi connectivity index (χ4n) is 1.23. The molecule has 1 aliphatic rings. The highest BCUT2D eigenvalue weighted by Crippen LogP contribution is 2.19. The fraction of sp³-hybridized carbons (Fsp3) is 0.929. The lowest BCUT2D eigenvalue weighted by molar-refractivity contribution is -0.164. The van der Waals surface area contributed by atoms with E-state index >= 15 is 0 Å². The molecule has 0 bridgehead atoms.